The van der Waals surface area contributed by atoms with Gasteiger partial charge in [-0.15, -0.1) is 0 Å². The summed E-state index contributed by atoms with van der Waals surface area (Å²) in [5.74, 6) is -12.4. The van der Waals surface area contributed by atoms with Gasteiger partial charge in [0.15, 0.2) is 11.3 Å². The van der Waals surface area contributed by atoms with E-state index in [1.807, 2.05) is 0 Å². The Labute approximate surface area is 522 Å². The molecule has 10 amide bonds. The molecule has 0 radical (unpaired) electrons. The number of likely N-dealkylation sites (N-methyl/N-ethyl adjacent to an activating group) is 4. The van der Waals surface area contributed by atoms with Crippen LogP contribution in [0.4, 0.5) is 5.69 Å². The number of aromatic nitrogens is 1. The number of rotatable bonds is 8. The first-order valence-corrected chi connectivity index (χ1v) is 30.5. The van der Waals surface area contributed by atoms with Gasteiger partial charge >= 0.3 is 11.9 Å². The molecule has 1 aliphatic carbocycles. The van der Waals surface area contributed by atoms with Crippen LogP contribution in [0.2, 0.25) is 0 Å². The highest BCUT2D eigenvalue weighted by Gasteiger charge is 2.46. The molecular formula is C62H86N12O16. The number of aryl methyl sites for hydroxylation is 1. The molecule has 0 aromatic heterocycles. The largest absolute Gasteiger partial charge is 0.458 e. The van der Waals surface area contributed by atoms with Crippen LogP contribution in [0.15, 0.2) is 21.3 Å². The van der Waals surface area contributed by atoms with Crippen molar-refractivity contribution in [2.75, 3.05) is 60.1 Å². The summed E-state index contributed by atoms with van der Waals surface area (Å²) >= 11 is 0. The van der Waals surface area contributed by atoms with E-state index in [0.717, 1.165) is 9.80 Å². The predicted octanol–water partition coefficient (Wildman–Crippen LogP) is 0.726. The first-order valence-electron chi connectivity index (χ1n) is 30.5. The molecule has 0 bridgehead atoms. The summed E-state index contributed by atoms with van der Waals surface area (Å²) in [5, 5.41) is 10.7. The van der Waals surface area contributed by atoms with Gasteiger partial charge in [-0.05, 0) is 88.7 Å². The Morgan fingerprint density at radius 1 is 0.611 bits per heavy atom. The van der Waals surface area contributed by atoms with Crippen molar-refractivity contribution >= 4 is 87.8 Å². The van der Waals surface area contributed by atoms with Gasteiger partial charge in [-0.25, -0.2) is 14.6 Å². The van der Waals surface area contributed by atoms with Crippen LogP contribution in [0.1, 0.15) is 127 Å². The van der Waals surface area contributed by atoms with Crippen molar-refractivity contribution in [3.63, 3.8) is 0 Å². The molecule has 10 atom stereocenters. The van der Waals surface area contributed by atoms with E-state index < -0.39 is 191 Å². The molecule has 5 aliphatic heterocycles. The van der Waals surface area contributed by atoms with E-state index in [-0.39, 0.29) is 53.9 Å². The van der Waals surface area contributed by atoms with Gasteiger partial charge in [-0.3, -0.25) is 52.7 Å². The Hall–Kier alpha value is -8.72. The zero-order valence-electron chi connectivity index (χ0n) is 54.1. The third-order valence-electron chi connectivity index (χ3n) is 17.5. The molecule has 0 saturated carbocycles. The average Bonchev–Trinajstić information content (AvgIpc) is 0.893. The lowest BCUT2D eigenvalue weighted by atomic mass is 9.98. The lowest BCUT2D eigenvalue weighted by molar-refractivity contribution is -0.163. The van der Waals surface area contributed by atoms with Crippen LogP contribution in [-0.4, -0.2) is 220 Å². The number of ether oxygens (including phenoxy) is 2. The van der Waals surface area contributed by atoms with Crippen LogP contribution in [0.5, 0.6) is 0 Å². The molecule has 490 valence electrons. The Morgan fingerprint density at radius 2 is 1.03 bits per heavy atom. The predicted molar refractivity (Wildman–Crippen MR) is 325 cm³/mol. The number of nitrogen functional groups attached to an aromatic ring is 1. The quantitative estimate of drug-likeness (QED) is 0.118. The minimum absolute atomic E-state index is 0.0763. The maximum absolute atomic E-state index is 15.2. The maximum atomic E-state index is 15.2. The van der Waals surface area contributed by atoms with Crippen LogP contribution in [0.3, 0.4) is 0 Å². The van der Waals surface area contributed by atoms with Gasteiger partial charge in [0, 0.05) is 46.8 Å². The second-order valence-electron chi connectivity index (χ2n) is 25.5. The molecule has 4 fully saturated rings. The minimum Gasteiger partial charge on any atom is -0.458 e. The molecule has 1 aromatic carbocycles. The van der Waals surface area contributed by atoms with Gasteiger partial charge in [-0.2, -0.15) is 0 Å². The number of carbonyl (C=O) groups excluding carboxylic acids is 12. The van der Waals surface area contributed by atoms with Gasteiger partial charge in [0.2, 0.25) is 52.7 Å². The normalized spacial score (nSPS) is 26.2. The van der Waals surface area contributed by atoms with Gasteiger partial charge in [0.05, 0.1) is 29.9 Å². The number of anilines is 1. The van der Waals surface area contributed by atoms with E-state index in [1.54, 1.807) is 62.3 Å². The van der Waals surface area contributed by atoms with Crippen molar-refractivity contribution in [3.8, 4) is 11.5 Å². The fourth-order valence-electron chi connectivity index (χ4n) is 12.3. The monoisotopic (exact) mass is 1250 g/mol. The topological polar surface area (TPSA) is 360 Å². The number of esters is 2. The molecule has 28 heteroatoms. The highest BCUT2D eigenvalue weighted by atomic mass is 16.6. The molecule has 1 unspecified atom stereocenters. The number of benzene rings is 2. The SMILES string of the molecule is Cc1c2oc3c(C)ccc(C(=O)N[C@@H]4C(=O)N[C@H](C(C)C)C(=O)N5CCC[C@H]5C(=O)N(C)CC(=O)N(C)C(C(C)C)C(=O)O[C@@H]4C)c3nc-2c(C(=O)N[C@@H]2C(=O)N[C@H](C(C)C)C(=O)N3CCC[C@H]3C(=O)N(C)CC(=O)N(C)[C@@H](C(C)C)C(=O)O[C@@H]2C)c(N)c1=O. The summed E-state index contributed by atoms with van der Waals surface area (Å²) in [6.07, 6.45) is -1.65. The number of nitrogens with two attached hydrogens (primary N) is 1. The maximum Gasteiger partial charge on any atom is 0.329 e. The van der Waals surface area contributed by atoms with Crippen LogP contribution in [0, 0.1) is 37.5 Å². The molecule has 1 aromatic rings. The molecule has 5 heterocycles. The molecule has 28 nitrogen and oxygen atoms in total. The first-order chi connectivity index (χ1) is 42.1. The van der Waals surface area contributed by atoms with Gasteiger partial charge < -0.3 is 70.3 Å². The van der Waals surface area contributed by atoms with E-state index in [0.29, 0.717) is 18.4 Å². The van der Waals surface area contributed by atoms with Crippen molar-refractivity contribution in [1.29, 1.82) is 0 Å². The van der Waals surface area contributed by atoms with Crippen molar-refractivity contribution in [2.45, 2.75) is 169 Å². The Kier molecular flexibility index (Phi) is 21.1. The van der Waals surface area contributed by atoms with Crippen LogP contribution in [-0.2, 0) is 57.4 Å². The number of hydrogen-bond donors (Lipinski definition) is 5. The molecule has 90 heavy (non-hydrogen) atoms. The third kappa shape index (κ3) is 13.7. The van der Waals surface area contributed by atoms with Crippen LogP contribution >= 0.6 is 0 Å². The van der Waals surface area contributed by atoms with E-state index >= 15 is 9.59 Å². The smallest absolute Gasteiger partial charge is 0.329 e. The number of hydrogen-bond acceptors (Lipinski definition) is 18. The Bertz CT molecular complexity index is 3420. The number of fused-ring (bicyclic) bond motifs is 4. The number of amides is 10. The number of nitrogens with zero attached hydrogens (tertiary/aromatic N) is 7. The first kappa shape index (κ1) is 68.8. The van der Waals surface area contributed by atoms with Gasteiger partial charge in [0.25, 0.3) is 11.8 Å². The molecule has 6 aliphatic rings. The summed E-state index contributed by atoms with van der Waals surface area (Å²) in [4.78, 5) is 199. The van der Waals surface area contributed by atoms with E-state index in [2.05, 4.69) is 21.3 Å². The van der Waals surface area contributed by atoms with Crippen molar-refractivity contribution in [2.24, 2.45) is 23.7 Å². The third-order valence-corrected chi connectivity index (χ3v) is 17.5. The molecule has 6 N–H and O–H groups in total. The highest BCUT2D eigenvalue weighted by molar-refractivity contribution is 6.10. The lowest BCUT2D eigenvalue weighted by Gasteiger charge is -2.36. The number of carbonyl (C=O) groups is 12. The molecular weight excluding hydrogens is 1170 g/mol. The second-order valence-corrected chi connectivity index (χ2v) is 25.5. The standard InChI is InChI=1S/C62H86N12O16/c1-27(2)42-59(84)73-23-17-19-36(73)57(82)69(13)25-38(75)71(15)48(29(5)6)61(86)88-33(11)44(55(80)65-42)67-53(78)35-22-21-31(9)51-46(35)64-47-40(41(63)50(77)32(10)52(47)90-51)54(79)68-45-34(12)89-62(87)49(30(7)8)72(16)39(76)26-70(14)58(83)37-20-18-24-74(37)60(85)43(28(3)4)66-56(45)81/h21-22,27-30,33-34,36-37,42-45,48-49H,17-20,23-26,63H2,1-16H3,(H,65,80)(H,66,81)(H,67,78)(H,68,79)/t33-,34-,36+,37+,42-,43-,44+,45+,48?,49+/m1/s1. The Balaban J connectivity index is 1.32. The number of cyclic esters (lactones) is 2. The molecule has 0 spiro atoms. The van der Waals surface area contributed by atoms with E-state index in [4.69, 9.17) is 24.6 Å². The number of nitrogens with one attached hydrogen (secondary N) is 4. The summed E-state index contributed by atoms with van der Waals surface area (Å²) in [5.41, 5.74) is 3.57. The van der Waals surface area contributed by atoms with Crippen LogP contribution < -0.4 is 32.4 Å². The van der Waals surface area contributed by atoms with E-state index in [1.165, 1.54) is 80.7 Å². The fourth-order valence-corrected chi connectivity index (χ4v) is 12.3. The minimum atomic E-state index is -1.88. The lowest BCUT2D eigenvalue weighted by Crippen LogP contribution is -2.61. The molecule has 4 saturated heterocycles. The van der Waals surface area contributed by atoms with Crippen molar-refractivity contribution < 1.29 is 71.4 Å². The average molecular weight is 1260 g/mol. The summed E-state index contributed by atoms with van der Waals surface area (Å²) in [6.45, 7) is 18.4. The van der Waals surface area contributed by atoms with Crippen LogP contribution in [0.25, 0.3) is 22.6 Å². The second kappa shape index (κ2) is 27.6. The van der Waals surface area contributed by atoms with Crippen molar-refractivity contribution in [3.05, 3.63) is 44.6 Å². The summed E-state index contributed by atoms with van der Waals surface area (Å²) in [7, 11) is 5.59. The van der Waals surface area contributed by atoms with Crippen molar-refractivity contribution in [1.82, 2.24) is 55.7 Å². The zero-order chi connectivity index (χ0) is 67.0. The van der Waals surface area contributed by atoms with Gasteiger partial charge in [-0.1, -0.05) is 61.5 Å². The van der Waals surface area contributed by atoms with E-state index in [9.17, 15) is 52.7 Å². The summed E-state index contributed by atoms with van der Waals surface area (Å²) in [6, 6.07) is -7.90. The fraction of sp³-hybridized carbons (Fsp3) is 0.613. The zero-order valence-corrected chi connectivity index (χ0v) is 54.1. The summed E-state index contributed by atoms with van der Waals surface area (Å²) < 4.78 is 18.3. The highest BCUT2D eigenvalue weighted by Crippen LogP contribution is 2.35. The Morgan fingerprint density at radius 3 is 1.44 bits per heavy atom. The molecule has 7 rings (SSSR count). The van der Waals surface area contributed by atoms with Gasteiger partial charge in [0.1, 0.15) is 71.8 Å².